The maximum absolute atomic E-state index is 11.4. The van der Waals surface area contributed by atoms with Gasteiger partial charge >= 0.3 is 0 Å². The van der Waals surface area contributed by atoms with Crippen LogP contribution in [0.3, 0.4) is 0 Å². The second-order valence-electron chi connectivity index (χ2n) is 4.65. The molecule has 3 N–H and O–H groups in total. The third-order valence-corrected chi connectivity index (χ3v) is 2.99. The number of nitrogens with two attached hydrogens (primary N) is 1. The van der Waals surface area contributed by atoms with Gasteiger partial charge in [-0.1, -0.05) is 18.2 Å². The quantitative estimate of drug-likeness (QED) is 0.567. The largest absolute Gasteiger partial charge is 0.399 e. The van der Waals surface area contributed by atoms with Crippen molar-refractivity contribution >= 4 is 11.6 Å². The highest BCUT2D eigenvalue weighted by Gasteiger charge is 2.22. The number of hydrogen-bond acceptors (Lipinski definition) is 3. The zero-order valence-corrected chi connectivity index (χ0v) is 10.5. The number of nitrogen functional groups attached to an aromatic ring is 1. The predicted octanol–water partition coefficient (Wildman–Crippen LogP) is 1.50. The minimum Gasteiger partial charge on any atom is -0.399 e. The van der Waals surface area contributed by atoms with Gasteiger partial charge in [-0.15, -0.1) is 0 Å². The van der Waals surface area contributed by atoms with Crippen LogP contribution < -0.4 is 11.1 Å². The summed E-state index contributed by atoms with van der Waals surface area (Å²) >= 11 is 0. The lowest BCUT2D eigenvalue weighted by Gasteiger charge is -2.07. The van der Waals surface area contributed by atoms with Crippen LogP contribution in [0.1, 0.15) is 24.8 Å². The van der Waals surface area contributed by atoms with Gasteiger partial charge in [0.2, 0.25) is 5.91 Å². The molecule has 4 nitrogen and oxygen atoms in total. The van der Waals surface area contributed by atoms with Crippen molar-refractivity contribution in [3.8, 4) is 0 Å². The standard InChI is InChI=1S/C14H20N2O2/c15-13-4-2-1-3-11(13)7-9-18-10-8-14(17)16-12-5-6-12/h1-4,12H,5-10,15H2,(H,16,17). The minimum atomic E-state index is 0.0942. The summed E-state index contributed by atoms with van der Waals surface area (Å²) in [6.45, 7) is 1.08. The SMILES string of the molecule is Nc1ccccc1CCOCCC(=O)NC1CC1. The Labute approximate surface area is 108 Å². The molecule has 0 radical (unpaired) electrons. The fourth-order valence-electron chi connectivity index (χ4n) is 1.74. The molecule has 1 aliphatic rings. The molecule has 1 fully saturated rings. The number of amides is 1. The van der Waals surface area contributed by atoms with Crippen molar-refractivity contribution in [1.82, 2.24) is 5.32 Å². The molecular formula is C14H20N2O2. The molecule has 0 atom stereocenters. The zero-order chi connectivity index (χ0) is 12.8. The number of rotatable bonds is 7. The summed E-state index contributed by atoms with van der Waals surface area (Å²) in [7, 11) is 0. The Kier molecular flexibility index (Phi) is 4.59. The zero-order valence-electron chi connectivity index (χ0n) is 10.5. The first-order chi connectivity index (χ1) is 8.75. The Morgan fingerprint density at radius 3 is 2.83 bits per heavy atom. The number of carbonyl (C=O) groups is 1. The van der Waals surface area contributed by atoms with E-state index in [1.54, 1.807) is 0 Å². The van der Waals surface area contributed by atoms with Crippen LogP contribution in [-0.4, -0.2) is 25.2 Å². The van der Waals surface area contributed by atoms with Gasteiger partial charge in [0, 0.05) is 18.2 Å². The third-order valence-electron chi connectivity index (χ3n) is 2.99. The van der Waals surface area contributed by atoms with Crippen LogP contribution in [0.2, 0.25) is 0 Å². The number of para-hydroxylation sites is 1. The normalized spacial score (nSPS) is 14.4. The van der Waals surface area contributed by atoms with E-state index >= 15 is 0 Å². The van der Waals surface area contributed by atoms with E-state index in [-0.39, 0.29) is 5.91 Å². The summed E-state index contributed by atoms with van der Waals surface area (Å²) in [6, 6.07) is 8.20. The molecule has 18 heavy (non-hydrogen) atoms. The highest BCUT2D eigenvalue weighted by molar-refractivity contribution is 5.76. The van der Waals surface area contributed by atoms with E-state index in [1.807, 2.05) is 24.3 Å². The lowest BCUT2D eigenvalue weighted by atomic mass is 10.1. The first-order valence-electron chi connectivity index (χ1n) is 6.46. The average Bonchev–Trinajstić information content (AvgIpc) is 3.15. The second kappa shape index (κ2) is 6.40. The van der Waals surface area contributed by atoms with E-state index in [0.717, 1.165) is 30.5 Å². The van der Waals surface area contributed by atoms with Gasteiger partial charge in [0.1, 0.15) is 0 Å². The molecular weight excluding hydrogens is 228 g/mol. The van der Waals surface area contributed by atoms with Crippen molar-refractivity contribution in [2.24, 2.45) is 0 Å². The Balaban J connectivity index is 1.55. The summed E-state index contributed by atoms with van der Waals surface area (Å²) in [5, 5.41) is 2.93. The number of ether oxygens (including phenoxy) is 1. The fourth-order valence-corrected chi connectivity index (χ4v) is 1.74. The molecule has 0 spiro atoms. The van der Waals surface area contributed by atoms with Crippen LogP contribution >= 0.6 is 0 Å². The average molecular weight is 248 g/mol. The summed E-state index contributed by atoms with van der Waals surface area (Å²) in [5.41, 5.74) is 7.72. The van der Waals surface area contributed by atoms with E-state index in [9.17, 15) is 4.79 Å². The first kappa shape index (κ1) is 12.9. The van der Waals surface area contributed by atoms with Crippen LogP contribution in [0.15, 0.2) is 24.3 Å². The molecule has 0 aromatic heterocycles. The van der Waals surface area contributed by atoms with Crippen molar-refractivity contribution in [3.63, 3.8) is 0 Å². The monoisotopic (exact) mass is 248 g/mol. The topological polar surface area (TPSA) is 64.3 Å². The minimum absolute atomic E-state index is 0.0942. The van der Waals surface area contributed by atoms with Gasteiger partial charge in [-0.2, -0.15) is 0 Å². The Morgan fingerprint density at radius 1 is 1.33 bits per heavy atom. The molecule has 0 unspecified atom stereocenters. The van der Waals surface area contributed by atoms with Crippen molar-refractivity contribution < 1.29 is 9.53 Å². The Morgan fingerprint density at radius 2 is 2.11 bits per heavy atom. The van der Waals surface area contributed by atoms with Crippen molar-refractivity contribution in [1.29, 1.82) is 0 Å². The van der Waals surface area contributed by atoms with Crippen LogP contribution in [0.4, 0.5) is 5.69 Å². The van der Waals surface area contributed by atoms with E-state index in [1.165, 1.54) is 0 Å². The Hall–Kier alpha value is -1.55. The molecule has 2 rings (SSSR count). The summed E-state index contributed by atoms with van der Waals surface area (Å²) in [5.74, 6) is 0.0942. The van der Waals surface area contributed by atoms with Crippen LogP contribution in [0, 0.1) is 0 Å². The molecule has 1 amide bonds. The lowest BCUT2D eigenvalue weighted by Crippen LogP contribution is -2.26. The lowest BCUT2D eigenvalue weighted by molar-refractivity contribution is -0.122. The van der Waals surface area contributed by atoms with Gasteiger partial charge in [-0.05, 0) is 30.9 Å². The van der Waals surface area contributed by atoms with Crippen LogP contribution in [0.5, 0.6) is 0 Å². The molecule has 1 aliphatic carbocycles. The number of nitrogens with one attached hydrogen (secondary N) is 1. The number of carbonyl (C=O) groups excluding carboxylic acids is 1. The molecule has 1 aromatic rings. The summed E-state index contributed by atoms with van der Waals surface area (Å²) in [6.07, 6.45) is 3.48. The van der Waals surface area contributed by atoms with E-state index in [0.29, 0.717) is 25.7 Å². The van der Waals surface area contributed by atoms with Gasteiger partial charge in [0.15, 0.2) is 0 Å². The van der Waals surface area contributed by atoms with Crippen molar-refractivity contribution in [3.05, 3.63) is 29.8 Å². The Bertz CT molecular complexity index is 403. The molecule has 0 aliphatic heterocycles. The van der Waals surface area contributed by atoms with Crippen molar-refractivity contribution in [2.45, 2.75) is 31.7 Å². The molecule has 0 heterocycles. The van der Waals surface area contributed by atoms with E-state index < -0.39 is 0 Å². The van der Waals surface area contributed by atoms with Gasteiger partial charge in [-0.3, -0.25) is 4.79 Å². The van der Waals surface area contributed by atoms with Gasteiger partial charge in [0.25, 0.3) is 0 Å². The molecule has 4 heteroatoms. The first-order valence-corrected chi connectivity index (χ1v) is 6.46. The van der Waals surface area contributed by atoms with Gasteiger partial charge < -0.3 is 15.8 Å². The van der Waals surface area contributed by atoms with Gasteiger partial charge in [0.05, 0.1) is 13.2 Å². The maximum atomic E-state index is 11.4. The maximum Gasteiger partial charge on any atom is 0.222 e. The molecule has 0 bridgehead atoms. The number of benzene rings is 1. The van der Waals surface area contributed by atoms with E-state index in [4.69, 9.17) is 10.5 Å². The van der Waals surface area contributed by atoms with Gasteiger partial charge in [-0.25, -0.2) is 0 Å². The smallest absolute Gasteiger partial charge is 0.222 e. The molecule has 1 aromatic carbocycles. The predicted molar refractivity (Wildman–Crippen MR) is 71.2 cm³/mol. The highest BCUT2D eigenvalue weighted by atomic mass is 16.5. The van der Waals surface area contributed by atoms with E-state index in [2.05, 4.69) is 5.32 Å². The summed E-state index contributed by atoms with van der Waals surface area (Å²) in [4.78, 5) is 11.4. The second-order valence-corrected chi connectivity index (χ2v) is 4.65. The summed E-state index contributed by atoms with van der Waals surface area (Å²) < 4.78 is 5.45. The van der Waals surface area contributed by atoms with Crippen LogP contribution in [-0.2, 0) is 16.0 Å². The highest BCUT2D eigenvalue weighted by Crippen LogP contribution is 2.18. The van der Waals surface area contributed by atoms with Crippen molar-refractivity contribution in [2.75, 3.05) is 18.9 Å². The number of hydrogen-bond donors (Lipinski definition) is 2. The molecule has 98 valence electrons. The molecule has 1 saturated carbocycles. The third kappa shape index (κ3) is 4.37. The number of anilines is 1. The van der Waals surface area contributed by atoms with Crippen LogP contribution in [0.25, 0.3) is 0 Å². The molecule has 0 saturated heterocycles. The fraction of sp³-hybridized carbons (Fsp3) is 0.500.